The van der Waals surface area contributed by atoms with Crippen LogP contribution < -0.4 is 14.8 Å². The number of nitrogens with zero attached hydrogens (tertiary/aromatic N) is 1. The van der Waals surface area contributed by atoms with Crippen LogP contribution in [0.2, 0.25) is 5.02 Å². The summed E-state index contributed by atoms with van der Waals surface area (Å²) in [7, 11) is 3.07. The van der Waals surface area contributed by atoms with Crippen LogP contribution in [-0.2, 0) is 4.74 Å². The third-order valence-electron chi connectivity index (χ3n) is 3.37. The molecular formula is C17H17ClN2O6. The standard InChI is InChI=1S/C17H17ClN2O6/c1-24-7-8-26-16-9-11(3-6-15(16)25-2)19-17(21)13-5-4-12(20(22)23)10-14(13)18/h3-6,9-10H,7-8H2,1-2H3,(H,19,21). The Morgan fingerprint density at radius 2 is 1.92 bits per heavy atom. The molecule has 2 aromatic rings. The van der Waals surface area contributed by atoms with E-state index in [-0.39, 0.29) is 16.3 Å². The molecule has 0 saturated heterocycles. The van der Waals surface area contributed by atoms with E-state index in [1.165, 1.54) is 19.2 Å². The number of hydrogen-bond acceptors (Lipinski definition) is 6. The van der Waals surface area contributed by atoms with E-state index < -0.39 is 10.8 Å². The number of hydrogen-bond donors (Lipinski definition) is 1. The van der Waals surface area contributed by atoms with Crippen LogP contribution >= 0.6 is 11.6 Å². The quantitative estimate of drug-likeness (QED) is 0.427. The zero-order chi connectivity index (χ0) is 19.1. The van der Waals surface area contributed by atoms with Crippen LogP contribution in [0.5, 0.6) is 11.5 Å². The molecule has 0 fully saturated rings. The monoisotopic (exact) mass is 380 g/mol. The molecule has 138 valence electrons. The minimum absolute atomic E-state index is 0.0122. The predicted octanol–water partition coefficient (Wildman–Crippen LogP) is 3.53. The zero-order valence-corrected chi connectivity index (χ0v) is 14.9. The number of benzene rings is 2. The van der Waals surface area contributed by atoms with Gasteiger partial charge in [0.25, 0.3) is 11.6 Å². The van der Waals surface area contributed by atoms with E-state index in [4.69, 9.17) is 25.8 Å². The van der Waals surface area contributed by atoms with Gasteiger partial charge in [0.2, 0.25) is 0 Å². The van der Waals surface area contributed by atoms with E-state index in [0.717, 1.165) is 6.07 Å². The number of ether oxygens (including phenoxy) is 3. The summed E-state index contributed by atoms with van der Waals surface area (Å²) >= 11 is 5.97. The van der Waals surface area contributed by atoms with Gasteiger partial charge in [0.15, 0.2) is 11.5 Å². The molecule has 0 saturated carbocycles. The first-order valence-electron chi connectivity index (χ1n) is 7.51. The number of carbonyl (C=O) groups is 1. The minimum Gasteiger partial charge on any atom is -0.493 e. The Morgan fingerprint density at radius 1 is 1.15 bits per heavy atom. The highest BCUT2D eigenvalue weighted by atomic mass is 35.5. The maximum atomic E-state index is 12.4. The van der Waals surface area contributed by atoms with Crippen molar-refractivity contribution in [3.8, 4) is 11.5 Å². The molecule has 0 aliphatic heterocycles. The van der Waals surface area contributed by atoms with E-state index in [0.29, 0.717) is 30.4 Å². The molecule has 0 heterocycles. The molecule has 8 nitrogen and oxygen atoms in total. The maximum Gasteiger partial charge on any atom is 0.270 e. The molecule has 1 amide bonds. The van der Waals surface area contributed by atoms with Crippen molar-refractivity contribution in [1.29, 1.82) is 0 Å². The Hall–Kier alpha value is -2.84. The lowest BCUT2D eigenvalue weighted by molar-refractivity contribution is -0.384. The van der Waals surface area contributed by atoms with E-state index in [2.05, 4.69) is 5.32 Å². The van der Waals surface area contributed by atoms with Crippen LogP contribution in [-0.4, -0.2) is 38.3 Å². The summed E-state index contributed by atoms with van der Waals surface area (Å²) < 4.78 is 15.7. The number of nitro groups is 1. The van der Waals surface area contributed by atoms with Crippen molar-refractivity contribution in [2.24, 2.45) is 0 Å². The second-order valence-corrected chi connectivity index (χ2v) is 5.49. The van der Waals surface area contributed by atoms with Gasteiger partial charge in [0, 0.05) is 31.0 Å². The van der Waals surface area contributed by atoms with Crippen LogP contribution in [0.1, 0.15) is 10.4 Å². The number of nitro benzene ring substituents is 1. The van der Waals surface area contributed by atoms with E-state index in [9.17, 15) is 14.9 Å². The summed E-state index contributed by atoms with van der Waals surface area (Å²) in [5.41, 5.74) is 0.386. The molecule has 2 aromatic carbocycles. The lowest BCUT2D eigenvalue weighted by Gasteiger charge is -2.13. The molecule has 26 heavy (non-hydrogen) atoms. The van der Waals surface area contributed by atoms with Crippen molar-refractivity contribution in [3.05, 3.63) is 57.1 Å². The van der Waals surface area contributed by atoms with Crippen molar-refractivity contribution < 1.29 is 23.9 Å². The highest BCUT2D eigenvalue weighted by Gasteiger charge is 2.16. The Kier molecular flexibility index (Phi) is 6.76. The molecule has 1 N–H and O–H groups in total. The second-order valence-electron chi connectivity index (χ2n) is 5.08. The summed E-state index contributed by atoms with van der Waals surface area (Å²) in [5, 5.41) is 13.4. The number of rotatable bonds is 8. The van der Waals surface area contributed by atoms with Crippen molar-refractivity contribution in [2.45, 2.75) is 0 Å². The average Bonchev–Trinajstić information content (AvgIpc) is 2.62. The number of halogens is 1. The van der Waals surface area contributed by atoms with Gasteiger partial charge in [-0.25, -0.2) is 0 Å². The molecule has 0 spiro atoms. The number of amides is 1. The predicted molar refractivity (Wildman–Crippen MR) is 96.4 cm³/mol. The van der Waals surface area contributed by atoms with Crippen LogP contribution in [0, 0.1) is 10.1 Å². The molecule has 0 aromatic heterocycles. The first-order valence-corrected chi connectivity index (χ1v) is 7.89. The van der Waals surface area contributed by atoms with E-state index >= 15 is 0 Å². The maximum absolute atomic E-state index is 12.4. The summed E-state index contributed by atoms with van der Waals surface area (Å²) in [5.74, 6) is 0.447. The molecule has 0 atom stereocenters. The normalized spacial score (nSPS) is 10.3. The SMILES string of the molecule is COCCOc1cc(NC(=O)c2ccc([N+](=O)[O-])cc2Cl)ccc1OC. The summed E-state index contributed by atoms with van der Waals surface area (Å²) in [6, 6.07) is 8.54. The second kappa shape index (κ2) is 9.02. The van der Waals surface area contributed by atoms with Gasteiger partial charge in [0.1, 0.15) is 6.61 Å². The fraction of sp³-hybridized carbons (Fsp3) is 0.235. The molecule has 0 aliphatic rings. The van der Waals surface area contributed by atoms with Crippen LogP contribution in [0.15, 0.2) is 36.4 Å². The first kappa shape index (κ1) is 19.5. The zero-order valence-electron chi connectivity index (χ0n) is 14.2. The molecule has 9 heteroatoms. The molecule has 0 unspecified atom stereocenters. The summed E-state index contributed by atoms with van der Waals surface area (Å²) in [6.45, 7) is 0.719. The number of methoxy groups -OCH3 is 2. The van der Waals surface area contributed by atoms with Crippen molar-refractivity contribution >= 4 is 28.9 Å². The van der Waals surface area contributed by atoms with Crippen molar-refractivity contribution in [2.75, 3.05) is 32.8 Å². The number of carbonyl (C=O) groups excluding carboxylic acids is 1. The fourth-order valence-corrected chi connectivity index (χ4v) is 2.36. The van der Waals surface area contributed by atoms with Gasteiger partial charge in [-0.2, -0.15) is 0 Å². The molecular weight excluding hydrogens is 364 g/mol. The highest BCUT2D eigenvalue weighted by molar-refractivity contribution is 6.34. The minimum atomic E-state index is -0.583. The highest BCUT2D eigenvalue weighted by Crippen LogP contribution is 2.31. The Labute approximate surface area is 154 Å². The van der Waals surface area contributed by atoms with Gasteiger partial charge < -0.3 is 19.5 Å². The third-order valence-corrected chi connectivity index (χ3v) is 3.69. The van der Waals surface area contributed by atoms with E-state index in [1.54, 1.807) is 25.3 Å². The van der Waals surface area contributed by atoms with Crippen molar-refractivity contribution in [3.63, 3.8) is 0 Å². The van der Waals surface area contributed by atoms with Crippen LogP contribution in [0.25, 0.3) is 0 Å². The molecule has 2 rings (SSSR count). The van der Waals surface area contributed by atoms with Crippen LogP contribution in [0.3, 0.4) is 0 Å². The topological polar surface area (TPSA) is 99.9 Å². The van der Waals surface area contributed by atoms with Gasteiger partial charge in [-0.3, -0.25) is 14.9 Å². The number of non-ortho nitro benzene ring substituents is 1. The van der Waals surface area contributed by atoms with Gasteiger partial charge in [-0.1, -0.05) is 11.6 Å². The molecule has 0 radical (unpaired) electrons. The van der Waals surface area contributed by atoms with Gasteiger partial charge >= 0.3 is 0 Å². The Balaban J connectivity index is 2.18. The largest absolute Gasteiger partial charge is 0.493 e. The Bertz CT molecular complexity index is 812. The average molecular weight is 381 g/mol. The third kappa shape index (κ3) is 4.84. The molecule has 0 bridgehead atoms. The Morgan fingerprint density at radius 3 is 2.54 bits per heavy atom. The van der Waals surface area contributed by atoms with Gasteiger partial charge in [0.05, 0.1) is 29.2 Å². The first-order chi connectivity index (χ1) is 12.5. The lowest BCUT2D eigenvalue weighted by Crippen LogP contribution is -2.13. The van der Waals surface area contributed by atoms with Crippen molar-refractivity contribution in [1.82, 2.24) is 0 Å². The number of anilines is 1. The van der Waals surface area contributed by atoms with Crippen LogP contribution in [0.4, 0.5) is 11.4 Å². The lowest BCUT2D eigenvalue weighted by atomic mass is 10.2. The van der Waals surface area contributed by atoms with Gasteiger partial charge in [-0.05, 0) is 18.2 Å². The molecule has 0 aliphatic carbocycles. The fourth-order valence-electron chi connectivity index (χ4n) is 2.10. The summed E-state index contributed by atoms with van der Waals surface area (Å²) in [6.07, 6.45) is 0. The van der Waals surface area contributed by atoms with E-state index in [1.807, 2.05) is 0 Å². The van der Waals surface area contributed by atoms with Gasteiger partial charge in [-0.15, -0.1) is 0 Å². The summed E-state index contributed by atoms with van der Waals surface area (Å²) in [4.78, 5) is 22.5. The smallest absolute Gasteiger partial charge is 0.270 e. The number of nitrogens with one attached hydrogen (secondary N) is 1.